The normalized spacial score (nSPS) is 15.8. The van der Waals surface area contributed by atoms with Crippen LogP contribution in [0.25, 0.3) is 33.9 Å². The second-order valence-corrected chi connectivity index (χ2v) is 6.87. The number of rotatable bonds is 4. The number of hydrogen-bond acceptors (Lipinski definition) is 6. The van der Waals surface area contributed by atoms with E-state index < -0.39 is 5.97 Å². The Balaban J connectivity index is 1.51. The molecular weight excluding hydrogens is 360 g/mol. The van der Waals surface area contributed by atoms with Crippen molar-refractivity contribution in [3.8, 4) is 28.7 Å². The summed E-state index contributed by atoms with van der Waals surface area (Å²) in [4.78, 5) is 19.5. The molecule has 1 aliphatic heterocycles. The van der Waals surface area contributed by atoms with E-state index >= 15 is 0 Å². The molecule has 3 aromatic heterocycles. The number of carbonyl (C=O) groups is 1. The van der Waals surface area contributed by atoms with Crippen molar-refractivity contribution in [3.63, 3.8) is 0 Å². The van der Waals surface area contributed by atoms with Crippen LogP contribution < -0.4 is 0 Å². The van der Waals surface area contributed by atoms with Crippen molar-refractivity contribution in [3.05, 3.63) is 48.3 Å². The van der Waals surface area contributed by atoms with Gasteiger partial charge in [0.15, 0.2) is 5.69 Å². The van der Waals surface area contributed by atoms with Crippen LogP contribution >= 0.6 is 0 Å². The van der Waals surface area contributed by atoms with Gasteiger partial charge < -0.3 is 19.3 Å². The van der Waals surface area contributed by atoms with Crippen LogP contribution in [0.2, 0.25) is 0 Å². The fourth-order valence-electron chi connectivity index (χ4n) is 3.87. The zero-order valence-electron chi connectivity index (χ0n) is 14.7. The van der Waals surface area contributed by atoms with E-state index in [0.717, 1.165) is 35.1 Å². The van der Waals surface area contributed by atoms with Gasteiger partial charge in [-0.05, 0) is 42.8 Å². The molecule has 28 heavy (non-hydrogen) atoms. The molecule has 1 aromatic carbocycles. The van der Waals surface area contributed by atoms with E-state index in [4.69, 9.17) is 9.63 Å². The summed E-state index contributed by atoms with van der Waals surface area (Å²) >= 11 is 0. The lowest BCUT2D eigenvalue weighted by Crippen LogP contribution is -2.02. The van der Waals surface area contributed by atoms with E-state index in [1.54, 1.807) is 12.3 Å². The highest BCUT2D eigenvalue weighted by Crippen LogP contribution is 2.37. The molecule has 2 N–H and O–H groups in total. The number of hydrogen-bond donors (Lipinski definition) is 2. The van der Waals surface area contributed by atoms with Gasteiger partial charge in [0.25, 0.3) is 5.89 Å². The molecule has 0 fully saturated rings. The molecule has 8 nitrogen and oxygen atoms in total. The smallest absolute Gasteiger partial charge is 0.304 e. The van der Waals surface area contributed by atoms with Gasteiger partial charge in [-0.25, -0.2) is 4.98 Å². The topological polar surface area (TPSA) is 114 Å². The molecule has 1 unspecified atom stereocenters. The number of aromatic nitrogens is 4. The number of aliphatic carboxylic acids is 1. The average Bonchev–Trinajstić information content (AvgIpc) is 3.38. The summed E-state index contributed by atoms with van der Waals surface area (Å²) in [7, 11) is 0. The van der Waals surface area contributed by atoms with Crippen molar-refractivity contribution in [2.75, 3.05) is 0 Å². The van der Waals surface area contributed by atoms with Crippen molar-refractivity contribution >= 4 is 16.9 Å². The van der Waals surface area contributed by atoms with Crippen molar-refractivity contribution in [1.82, 2.24) is 19.7 Å². The van der Waals surface area contributed by atoms with Crippen LogP contribution in [0.4, 0.5) is 0 Å². The molecule has 0 saturated heterocycles. The highest BCUT2D eigenvalue weighted by atomic mass is 16.5. The van der Waals surface area contributed by atoms with Crippen LogP contribution in [0.15, 0.2) is 47.1 Å². The minimum Gasteiger partial charge on any atom is -0.505 e. The summed E-state index contributed by atoms with van der Waals surface area (Å²) in [5.41, 5.74) is 3.14. The van der Waals surface area contributed by atoms with Gasteiger partial charge in [0.2, 0.25) is 5.82 Å². The third kappa shape index (κ3) is 2.61. The first kappa shape index (κ1) is 16.5. The SMILES string of the molecule is O=C(O)CC1CCn2c1cc1cc(-c3noc(-c4ncccc4O)n3)ccc12. The minimum atomic E-state index is -0.776. The lowest BCUT2D eigenvalue weighted by molar-refractivity contribution is -0.137. The predicted molar refractivity (Wildman–Crippen MR) is 99.7 cm³/mol. The maximum atomic E-state index is 11.1. The Morgan fingerprint density at radius 3 is 3.00 bits per heavy atom. The Hall–Kier alpha value is -3.68. The summed E-state index contributed by atoms with van der Waals surface area (Å²) in [5, 5.41) is 24.0. The highest BCUT2D eigenvalue weighted by molar-refractivity contribution is 5.86. The zero-order chi connectivity index (χ0) is 19.3. The summed E-state index contributed by atoms with van der Waals surface area (Å²) < 4.78 is 7.45. The number of nitrogens with zero attached hydrogens (tertiary/aromatic N) is 4. The van der Waals surface area contributed by atoms with E-state index in [-0.39, 0.29) is 29.7 Å². The minimum absolute atomic E-state index is 0.0264. The van der Waals surface area contributed by atoms with Crippen molar-refractivity contribution in [2.24, 2.45) is 0 Å². The largest absolute Gasteiger partial charge is 0.505 e. The molecule has 0 spiro atoms. The number of carboxylic acids is 1. The van der Waals surface area contributed by atoms with Crippen LogP contribution in [0, 0.1) is 0 Å². The van der Waals surface area contributed by atoms with E-state index in [2.05, 4.69) is 19.7 Å². The first-order valence-electron chi connectivity index (χ1n) is 8.93. The Morgan fingerprint density at radius 2 is 2.18 bits per heavy atom. The third-order valence-corrected chi connectivity index (χ3v) is 5.15. The molecule has 4 heterocycles. The fraction of sp³-hybridized carbons (Fsp3) is 0.200. The Kier molecular flexibility index (Phi) is 3.65. The molecule has 0 radical (unpaired) electrons. The van der Waals surface area contributed by atoms with Gasteiger partial charge in [-0.3, -0.25) is 4.79 Å². The van der Waals surface area contributed by atoms with Crippen LogP contribution in [0.5, 0.6) is 5.75 Å². The number of aromatic hydroxyl groups is 1. The van der Waals surface area contributed by atoms with Crippen LogP contribution in [0.1, 0.15) is 24.5 Å². The molecule has 0 bridgehead atoms. The first-order chi connectivity index (χ1) is 13.6. The van der Waals surface area contributed by atoms with Gasteiger partial charge in [-0.2, -0.15) is 4.98 Å². The molecule has 0 aliphatic carbocycles. The molecule has 1 atom stereocenters. The lowest BCUT2D eigenvalue weighted by Gasteiger charge is -2.04. The van der Waals surface area contributed by atoms with Crippen molar-refractivity contribution in [2.45, 2.75) is 25.3 Å². The maximum Gasteiger partial charge on any atom is 0.304 e. The second kappa shape index (κ2) is 6.19. The van der Waals surface area contributed by atoms with Gasteiger partial charge >= 0.3 is 5.97 Å². The summed E-state index contributed by atoms with van der Waals surface area (Å²) in [6.45, 7) is 0.821. The van der Waals surface area contributed by atoms with Crippen molar-refractivity contribution in [1.29, 1.82) is 0 Å². The molecule has 5 rings (SSSR count). The molecule has 4 aromatic rings. The average molecular weight is 376 g/mol. The standard InChI is InChI=1S/C20H16N4O4/c25-16-2-1-6-21-18(16)20-22-19(23-28-20)12-3-4-14-13(8-12)9-15-11(10-17(26)27)5-7-24(14)15/h1-4,6,8-9,11,25H,5,7,10H2,(H,26,27). The van der Waals surface area contributed by atoms with Crippen molar-refractivity contribution < 1.29 is 19.5 Å². The maximum absolute atomic E-state index is 11.1. The summed E-state index contributed by atoms with van der Waals surface area (Å²) in [6.07, 6.45) is 2.54. The summed E-state index contributed by atoms with van der Waals surface area (Å²) in [6, 6.07) is 11.0. The van der Waals surface area contributed by atoms with Crippen LogP contribution in [-0.4, -0.2) is 35.9 Å². The number of fused-ring (bicyclic) bond motifs is 3. The molecule has 1 aliphatic rings. The van der Waals surface area contributed by atoms with Crippen LogP contribution in [0.3, 0.4) is 0 Å². The van der Waals surface area contributed by atoms with E-state index in [1.165, 1.54) is 6.07 Å². The molecule has 0 saturated carbocycles. The summed E-state index contributed by atoms with van der Waals surface area (Å²) in [5.74, 6) is -0.218. The highest BCUT2D eigenvalue weighted by Gasteiger charge is 2.27. The monoisotopic (exact) mass is 376 g/mol. The molecular formula is C20H16N4O4. The van der Waals surface area contributed by atoms with Gasteiger partial charge in [-0.15, -0.1) is 0 Å². The zero-order valence-corrected chi connectivity index (χ0v) is 14.7. The fourth-order valence-corrected chi connectivity index (χ4v) is 3.87. The Morgan fingerprint density at radius 1 is 1.29 bits per heavy atom. The van der Waals surface area contributed by atoms with E-state index in [1.807, 2.05) is 24.3 Å². The van der Waals surface area contributed by atoms with E-state index in [9.17, 15) is 9.90 Å². The predicted octanol–water partition coefficient (Wildman–Crippen LogP) is 3.42. The Bertz CT molecular complexity index is 1210. The van der Waals surface area contributed by atoms with Gasteiger partial charge in [0, 0.05) is 40.8 Å². The van der Waals surface area contributed by atoms with Crippen LogP contribution in [-0.2, 0) is 11.3 Å². The molecule has 0 amide bonds. The van der Waals surface area contributed by atoms with Gasteiger partial charge in [0.1, 0.15) is 5.75 Å². The molecule has 140 valence electrons. The van der Waals surface area contributed by atoms with E-state index in [0.29, 0.717) is 5.82 Å². The number of pyridine rings is 1. The van der Waals surface area contributed by atoms with Gasteiger partial charge in [0.05, 0.1) is 6.42 Å². The molecule has 8 heteroatoms. The number of benzene rings is 1. The third-order valence-electron chi connectivity index (χ3n) is 5.15. The lowest BCUT2D eigenvalue weighted by atomic mass is 10.0. The van der Waals surface area contributed by atoms with Gasteiger partial charge in [-0.1, -0.05) is 5.16 Å². The Labute approximate surface area is 159 Å². The first-order valence-corrected chi connectivity index (χ1v) is 8.93. The number of carboxylic acid groups (broad SMARTS) is 1. The second-order valence-electron chi connectivity index (χ2n) is 6.87. The quantitative estimate of drug-likeness (QED) is 0.561. The number of aryl methyl sites for hydroxylation is 1.